The molecule has 1 aromatic heterocycles. The molecule has 0 radical (unpaired) electrons. The molecule has 4 rings (SSSR count). The number of halogens is 2. The number of hydrogen-bond acceptors (Lipinski definition) is 4. The molecular weight excluding hydrogens is 344 g/mol. The molecule has 0 fully saturated rings. The van der Waals surface area contributed by atoms with Gasteiger partial charge in [-0.1, -0.05) is 12.1 Å². The average molecular weight is 355 g/mol. The number of rotatable bonds is 3. The van der Waals surface area contributed by atoms with Crippen molar-refractivity contribution in [3.63, 3.8) is 0 Å². The summed E-state index contributed by atoms with van der Waals surface area (Å²) in [6.07, 6.45) is 1.02. The number of carbonyl (C=O) groups is 2. The third-order valence-corrected chi connectivity index (χ3v) is 4.01. The van der Waals surface area contributed by atoms with E-state index in [0.29, 0.717) is 23.4 Å². The summed E-state index contributed by atoms with van der Waals surface area (Å²) in [7, 11) is 0. The van der Waals surface area contributed by atoms with E-state index in [4.69, 9.17) is 4.42 Å². The lowest BCUT2D eigenvalue weighted by molar-refractivity contribution is 0.0964. The fourth-order valence-corrected chi connectivity index (χ4v) is 2.75. The standard InChI is InChI=1S/C18H11F2N3O3/c19-11-4-2-5-12(20)15(11)18-23-14(8-26-18)17(25)22-13-6-1-3-9-10(13)7-21-16(9)24/h1-6,8H,7H2,(H,21,24)(H,22,25). The second kappa shape index (κ2) is 6.07. The Morgan fingerprint density at radius 3 is 2.65 bits per heavy atom. The van der Waals surface area contributed by atoms with Crippen LogP contribution in [0.4, 0.5) is 14.5 Å². The molecule has 0 spiro atoms. The Balaban J connectivity index is 1.62. The Bertz CT molecular complexity index is 1030. The molecule has 0 bridgehead atoms. The summed E-state index contributed by atoms with van der Waals surface area (Å²) in [5.74, 6) is -2.85. The van der Waals surface area contributed by atoms with Crippen LogP contribution in [-0.2, 0) is 6.54 Å². The lowest BCUT2D eigenvalue weighted by Gasteiger charge is -2.07. The molecule has 0 saturated heterocycles. The van der Waals surface area contributed by atoms with E-state index in [1.54, 1.807) is 18.2 Å². The van der Waals surface area contributed by atoms with Gasteiger partial charge in [0.2, 0.25) is 5.89 Å². The van der Waals surface area contributed by atoms with E-state index in [1.165, 1.54) is 6.07 Å². The molecule has 2 N–H and O–H groups in total. The van der Waals surface area contributed by atoms with E-state index >= 15 is 0 Å². The molecule has 130 valence electrons. The Hall–Kier alpha value is -3.55. The molecule has 0 unspecified atom stereocenters. The van der Waals surface area contributed by atoms with Gasteiger partial charge in [-0.3, -0.25) is 9.59 Å². The predicted octanol–water partition coefficient (Wildman–Crippen LogP) is 3.12. The van der Waals surface area contributed by atoms with Gasteiger partial charge >= 0.3 is 0 Å². The molecule has 0 atom stereocenters. The molecule has 0 saturated carbocycles. The average Bonchev–Trinajstić information content (AvgIpc) is 3.23. The summed E-state index contributed by atoms with van der Waals surface area (Å²) in [6, 6.07) is 8.30. The highest BCUT2D eigenvalue weighted by molar-refractivity contribution is 6.06. The zero-order valence-corrected chi connectivity index (χ0v) is 13.2. The van der Waals surface area contributed by atoms with Crippen LogP contribution in [-0.4, -0.2) is 16.8 Å². The third-order valence-electron chi connectivity index (χ3n) is 4.01. The number of oxazole rings is 1. The number of amides is 2. The van der Waals surface area contributed by atoms with Gasteiger partial charge in [-0.2, -0.15) is 0 Å². The number of nitrogens with one attached hydrogen (secondary N) is 2. The van der Waals surface area contributed by atoms with E-state index in [0.717, 1.165) is 18.4 Å². The SMILES string of the molecule is O=C(Nc1cccc2c1CNC2=O)c1coc(-c2c(F)cccc2F)n1. The Morgan fingerprint density at radius 2 is 1.88 bits per heavy atom. The number of hydrogen-bond donors (Lipinski definition) is 2. The number of benzene rings is 2. The maximum Gasteiger partial charge on any atom is 0.277 e. The summed E-state index contributed by atoms with van der Waals surface area (Å²) in [4.78, 5) is 27.9. The quantitative estimate of drug-likeness (QED) is 0.756. The first-order chi connectivity index (χ1) is 12.5. The molecule has 6 nitrogen and oxygen atoms in total. The van der Waals surface area contributed by atoms with E-state index in [9.17, 15) is 18.4 Å². The number of fused-ring (bicyclic) bond motifs is 1. The van der Waals surface area contributed by atoms with Crippen LogP contribution < -0.4 is 10.6 Å². The Morgan fingerprint density at radius 1 is 1.15 bits per heavy atom. The fourth-order valence-electron chi connectivity index (χ4n) is 2.75. The van der Waals surface area contributed by atoms with E-state index in [-0.39, 0.29) is 17.5 Å². The number of carbonyl (C=O) groups excluding carboxylic acids is 2. The van der Waals surface area contributed by atoms with Crippen molar-refractivity contribution in [2.24, 2.45) is 0 Å². The van der Waals surface area contributed by atoms with Crippen molar-refractivity contribution in [1.29, 1.82) is 0 Å². The third kappa shape index (κ3) is 2.61. The van der Waals surface area contributed by atoms with Gasteiger partial charge in [-0.05, 0) is 24.3 Å². The summed E-state index contributed by atoms with van der Waals surface area (Å²) in [5.41, 5.74) is 1.01. The summed E-state index contributed by atoms with van der Waals surface area (Å²) >= 11 is 0. The largest absolute Gasteiger partial charge is 0.443 e. The van der Waals surface area contributed by atoms with Crippen molar-refractivity contribution in [2.45, 2.75) is 6.54 Å². The van der Waals surface area contributed by atoms with E-state index < -0.39 is 23.1 Å². The molecule has 1 aliphatic heterocycles. The Kier molecular flexibility index (Phi) is 3.72. The Labute approximate surface area is 145 Å². The number of anilines is 1. The summed E-state index contributed by atoms with van der Waals surface area (Å²) in [6.45, 7) is 0.301. The van der Waals surface area contributed by atoms with E-state index in [1.807, 2.05) is 0 Å². The predicted molar refractivity (Wildman–Crippen MR) is 87.4 cm³/mol. The van der Waals surface area contributed by atoms with Crippen molar-refractivity contribution < 1.29 is 22.8 Å². The lowest BCUT2D eigenvalue weighted by Crippen LogP contribution is -2.14. The number of aromatic nitrogens is 1. The first kappa shape index (κ1) is 15.9. The molecule has 1 aliphatic rings. The monoisotopic (exact) mass is 355 g/mol. The lowest BCUT2D eigenvalue weighted by atomic mass is 10.1. The van der Waals surface area contributed by atoms with Gasteiger partial charge in [0.15, 0.2) is 5.69 Å². The van der Waals surface area contributed by atoms with Gasteiger partial charge in [0.25, 0.3) is 11.8 Å². The van der Waals surface area contributed by atoms with Crippen molar-refractivity contribution in [3.8, 4) is 11.5 Å². The summed E-state index contributed by atoms with van der Waals surface area (Å²) < 4.78 is 32.7. The normalized spacial score (nSPS) is 12.6. The van der Waals surface area contributed by atoms with Gasteiger partial charge in [-0.15, -0.1) is 0 Å². The highest BCUT2D eigenvalue weighted by Crippen LogP contribution is 2.27. The molecule has 2 aromatic carbocycles. The first-order valence-corrected chi connectivity index (χ1v) is 7.66. The van der Waals surface area contributed by atoms with E-state index in [2.05, 4.69) is 15.6 Å². The van der Waals surface area contributed by atoms with Crippen LogP contribution in [0.2, 0.25) is 0 Å². The summed E-state index contributed by atoms with van der Waals surface area (Å²) in [5, 5.41) is 5.30. The van der Waals surface area contributed by atoms with Crippen LogP contribution in [0.3, 0.4) is 0 Å². The van der Waals surface area contributed by atoms with Crippen molar-refractivity contribution in [3.05, 3.63) is 71.1 Å². The second-order valence-corrected chi connectivity index (χ2v) is 5.60. The minimum absolute atomic E-state index is 0.141. The van der Waals surface area contributed by atoms with Crippen LogP contribution >= 0.6 is 0 Å². The smallest absolute Gasteiger partial charge is 0.277 e. The van der Waals surface area contributed by atoms with Gasteiger partial charge in [0, 0.05) is 23.4 Å². The molecule has 3 aromatic rings. The fraction of sp³-hybridized carbons (Fsp3) is 0.0556. The van der Waals surface area contributed by atoms with Crippen molar-refractivity contribution >= 4 is 17.5 Å². The first-order valence-electron chi connectivity index (χ1n) is 7.66. The maximum atomic E-state index is 13.8. The molecular formula is C18H11F2N3O3. The minimum Gasteiger partial charge on any atom is -0.443 e. The van der Waals surface area contributed by atoms with Gasteiger partial charge in [0.05, 0.1) is 0 Å². The zero-order chi connectivity index (χ0) is 18.3. The second-order valence-electron chi connectivity index (χ2n) is 5.60. The highest BCUT2D eigenvalue weighted by atomic mass is 19.1. The molecule has 2 amide bonds. The topological polar surface area (TPSA) is 84.2 Å². The number of nitrogens with zero attached hydrogens (tertiary/aromatic N) is 1. The van der Waals surface area contributed by atoms with Crippen LogP contribution in [0.1, 0.15) is 26.4 Å². The van der Waals surface area contributed by atoms with Crippen molar-refractivity contribution in [2.75, 3.05) is 5.32 Å². The maximum absolute atomic E-state index is 13.8. The van der Waals surface area contributed by atoms with Crippen LogP contribution in [0.5, 0.6) is 0 Å². The molecule has 8 heteroatoms. The van der Waals surface area contributed by atoms with Crippen LogP contribution in [0.15, 0.2) is 47.1 Å². The minimum atomic E-state index is -0.843. The van der Waals surface area contributed by atoms with Gasteiger partial charge < -0.3 is 15.1 Å². The van der Waals surface area contributed by atoms with Crippen LogP contribution in [0.25, 0.3) is 11.5 Å². The van der Waals surface area contributed by atoms with Gasteiger partial charge in [0.1, 0.15) is 23.5 Å². The molecule has 0 aliphatic carbocycles. The van der Waals surface area contributed by atoms with Crippen LogP contribution in [0, 0.1) is 11.6 Å². The zero-order valence-electron chi connectivity index (χ0n) is 13.2. The molecule has 26 heavy (non-hydrogen) atoms. The van der Waals surface area contributed by atoms with Crippen molar-refractivity contribution in [1.82, 2.24) is 10.3 Å². The highest BCUT2D eigenvalue weighted by Gasteiger charge is 2.24. The molecule has 2 heterocycles. The van der Waals surface area contributed by atoms with Gasteiger partial charge in [-0.25, -0.2) is 13.8 Å².